The van der Waals surface area contributed by atoms with Crippen molar-refractivity contribution in [2.75, 3.05) is 39.4 Å². The van der Waals surface area contributed by atoms with Crippen molar-refractivity contribution in [2.45, 2.75) is 32.1 Å². The number of amides is 3. The summed E-state index contributed by atoms with van der Waals surface area (Å²) in [7, 11) is 0. The average Bonchev–Trinajstić information content (AvgIpc) is 2.92. The van der Waals surface area contributed by atoms with Crippen molar-refractivity contribution in [1.82, 2.24) is 14.8 Å². The fourth-order valence-electron chi connectivity index (χ4n) is 4.37. The van der Waals surface area contributed by atoms with Gasteiger partial charge in [0.05, 0.1) is 30.3 Å². The minimum atomic E-state index is -2.50. The lowest BCUT2D eigenvalue weighted by molar-refractivity contribution is -0.138. The molecule has 0 spiro atoms. The topological polar surface area (TPSA) is 152 Å². The standard InChI is InChI=1S/C26H29F3N4O7/c1-2-39-26(38)33-12-10-32(11-13-33)25(37)16(7-8-19(34)35)21-20(24(30)36)22(40-14-9-17(27)23(28)29)15-5-3-4-6-18(15)31-21/h3-6,16H,2,7-14H2,1H3,(H2,30,36)(H,34,35). The molecule has 0 aliphatic carbocycles. The van der Waals surface area contributed by atoms with Gasteiger partial charge in [-0.2, -0.15) is 8.78 Å². The second-order valence-electron chi connectivity index (χ2n) is 8.84. The lowest BCUT2D eigenvalue weighted by atomic mass is 9.91. The van der Waals surface area contributed by atoms with E-state index in [2.05, 4.69) is 4.98 Å². The number of halogens is 3. The first-order valence-corrected chi connectivity index (χ1v) is 12.5. The molecular weight excluding hydrogens is 537 g/mol. The Morgan fingerprint density at radius 3 is 2.30 bits per heavy atom. The maximum Gasteiger partial charge on any atom is 0.409 e. The molecule has 3 rings (SSSR count). The third kappa shape index (κ3) is 7.18. The minimum absolute atomic E-state index is 0.116. The first kappa shape index (κ1) is 30.2. The maximum atomic E-state index is 13.7. The molecule has 1 atom stereocenters. The molecule has 1 unspecified atom stereocenters. The zero-order valence-corrected chi connectivity index (χ0v) is 21.7. The minimum Gasteiger partial charge on any atom is -0.492 e. The Hall–Kier alpha value is -4.36. The Morgan fingerprint density at radius 1 is 1.05 bits per heavy atom. The number of para-hydroxylation sites is 1. The summed E-state index contributed by atoms with van der Waals surface area (Å²) in [6, 6.07) is 6.29. The predicted octanol–water partition coefficient (Wildman–Crippen LogP) is 3.43. The van der Waals surface area contributed by atoms with Crippen LogP contribution in [0.3, 0.4) is 0 Å². The van der Waals surface area contributed by atoms with Crippen LogP contribution in [0.15, 0.2) is 36.2 Å². The number of nitrogens with two attached hydrogens (primary N) is 1. The summed E-state index contributed by atoms with van der Waals surface area (Å²) in [6.07, 6.45) is -4.51. The Labute approximate surface area is 227 Å². The second-order valence-corrected chi connectivity index (χ2v) is 8.84. The number of benzene rings is 1. The Balaban J connectivity index is 2.04. The van der Waals surface area contributed by atoms with E-state index in [1.165, 1.54) is 15.9 Å². The molecule has 14 heteroatoms. The third-order valence-corrected chi connectivity index (χ3v) is 6.28. The van der Waals surface area contributed by atoms with Gasteiger partial charge >= 0.3 is 18.1 Å². The van der Waals surface area contributed by atoms with Crippen molar-refractivity contribution in [1.29, 1.82) is 0 Å². The highest BCUT2D eigenvalue weighted by molar-refractivity contribution is 6.04. The largest absolute Gasteiger partial charge is 0.492 e. The first-order valence-electron chi connectivity index (χ1n) is 12.5. The van der Waals surface area contributed by atoms with Gasteiger partial charge in [-0.25, -0.2) is 9.18 Å². The van der Waals surface area contributed by atoms with Crippen molar-refractivity contribution in [3.8, 4) is 5.75 Å². The van der Waals surface area contributed by atoms with Crippen molar-refractivity contribution in [2.24, 2.45) is 5.73 Å². The smallest absolute Gasteiger partial charge is 0.409 e. The van der Waals surface area contributed by atoms with Crippen LogP contribution in [-0.2, 0) is 14.3 Å². The van der Waals surface area contributed by atoms with Gasteiger partial charge in [0, 0.05) is 44.4 Å². The molecule has 0 radical (unpaired) electrons. The number of rotatable bonds is 11. The number of carboxylic acids is 1. The highest BCUT2D eigenvalue weighted by atomic mass is 19.3. The molecule has 1 aromatic carbocycles. The van der Waals surface area contributed by atoms with Gasteiger partial charge in [-0.15, -0.1) is 0 Å². The SMILES string of the molecule is CCOC(=O)N1CCN(C(=O)C(CCC(=O)O)c2nc3ccccc3c(OCCC(F)=C(F)F)c2C(N)=O)CC1. The monoisotopic (exact) mass is 566 g/mol. The quantitative estimate of drug-likeness (QED) is 0.420. The number of carboxylic acid groups (broad SMARTS) is 1. The van der Waals surface area contributed by atoms with E-state index in [9.17, 15) is 37.5 Å². The molecule has 11 nitrogen and oxygen atoms in total. The zero-order valence-electron chi connectivity index (χ0n) is 21.7. The van der Waals surface area contributed by atoms with Gasteiger partial charge in [0.2, 0.25) is 5.91 Å². The highest BCUT2D eigenvalue weighted by Crippen LogP contribution is 2.36. The maximum absolute atomic E-state index is 13.7. The lowest BCUT2D eigenvalue weighted by Crippen LogP contribution is -2.52. The molecule has 1 saturated heterocycles. The van der Waals surface area contributed by atoms with E-state index in [1.807, 2.05) is 0 Å². The molecule has 0 saturated carbocycles. The second kappa shape index (κ2) is 13.6. The number of fused-ring (bicyclic) bond motifs is 1. The summed E-state index contributed by atoms with van der Waals surface area (Å²) >= 11 is 0. The summed E-state index contributed by atoms with van der Waals surface area (Å²) in [5.74, 6) is -5.92. The van der Waals surface area contributed by atoms with Crippen molar-refractivity contribution in [3.05, 3.63) is 47.4 Å². The van der Waals surface area contributed by atoms with E-state index < -0.39 is 61.2 Å². The van der Waals surface area contributed by atoms with E-state index in [1.54, 1.807) is 25.1 Å². The molecule has 2 aromatic rings. The van der Waals surface area contributed by atoms with Crippen LogP contribution in [0.1, 0.15) is 48.2 Å². The number of primary amides is 1. The van der Waals surface area contributed by atoms with Gasteiger partial charge in [0.25, 0.3) is 5.91 Å². The van der Waals surface area contributed by atoms with E-state index in [0.29, 0.717) is 0 Å². The number of ether oxygens (including phenoxy) is 2. The van der Waals surface area contributed by atoms with E-state index in [-0.39, 0.29) is 67.1 Å². The Kier molecular flexibility index (Phi) is 10.3. The molecule has 0 bridgehead atoms. The number of pyridine rings is 1. The van der Waals surface area contributed by atoms with Crippen LogP contribution in [0.5, 0.6) is 5.75 Å². The summed E-state index contributed by atoms with van der Waals surface area (Å²) in [5, 5.41) is 9.61. The van der Waals surface area contributed by atoms with Gasteiger partial charge < -0.3 is 30.1 Å². The van der Waals surface area contributed by atoms with Gasteiger partial charge in [-0.3, -0.25) is 19.4 Å². The number of aliphatic carboxylic acids is 1. The van der Waals surface area contributed by atoms with Gasteiger partial charge in [-0.1, -0.05) is 12.1 Å². The third-order valence-electron chi connectivity index (χ3n) is 6.28. The number of carbonyl (C=O) groups excluding carboxylic acids is 3. The van der Waals surface area contributed by atoms with Crippen LogP contribution in [-0.4, -0.2) is 83.2 Å². The van der Waals surface area contributed by atoms with E-state index >= 15 is 0 Å². The van der Waals surface area contributed by atoms with E-state index in [4.69, 9.17) is 15.2 Å². The number of nitrogens with zero attached hydrogens (tertiary/aromatic N) is 3. The first-order chi connectivity index (χ1) is 19.0. The number of hydrogen-bond acceptors (Lipinski definition) is 7. The predicted molar refractivity (Wildman–Crippen MR) is 136 cm³/mol. The molecule has 1 aliphatic heterocycles. The Morgan fingerprint density at radius 2 is 1.70 bits per heavy atom. The van der Waals surface area contributed by atoms with Crippen molar-refractivity contribution in [3.63, 3.8) is 0 Å². The zero-order chi connectivity index (χ0) is 29.4. The summed E-state index contributed by atoms with van der Waals surface area (Å²) in [4.78, 5) is 57.3. The van der Waals surface area contributed by atoms with Crippen molar-refractivity contribution < 1.29 is 46.9 Å². The van der Waals surface area contributed by atoms with Gasteiger partial charge in [0.15, 0.2) is 5.83 Å². The van der Waals surface area contributed by atoms with E-state index in [0.717, 1.165) is 0 Å². The number of hydrogen-bond donors (Lipinski definition) is 2. The molecule has 1 aliphatic rings. The lowest BCUT2D eigenvalue weighted by Gasteiger charge is -2.36. The fourth-order valence-corrected chi connectivity index (χ4v) is 4.37. The highest BCUT2D eigenvalue weighted by Gasteiger charge is 2.35. The van der Waals surface area contributed by atoms with Gasteiger partial charge in [-0.05, 0) is 25.5 Å². The molecule has 1 fully saturated rings. The number of carbonyl (C=O) groups is 4. The number of piperazine rings is 1. The normalized spacial score (nSPS) is 14.0. The molecule has 3 amide bonds. The average molecular weight is 567 g/mol. The van der Waals surface area contributed by atoms with Crippen LogP contribution in [0.4, 0.5) is 18.0 Å². The van der Waals surface area contributed by atoms with Crippen LogP contribution in [0.2, 0.25) is 0 Å². The van der Waals surface area contributed by atoms with Crippen LogP contribution in [0.25, 0.3) is 10.9 Å². The van der Waals surface area contributed by atoms with Crippen LogP contribution in [0, 0.1) is 0 Å². The van der Waals surface area contributed by atoms with Crippen LogP contribution >= 0.6 is 0 Å². The molecular formula is C26H29F3N4O7. The Bertz CT molecular complexity index is 1310. The molecule has 3 N–H and O–H groups in total. The van der Waals surface area contributed by atoms with Crippen LogP contribution < -0.4 is 10.5 Å². The molecule has 2 heterocycles. The van der Waals surface area contributed by atoms with Crippen molar-refractivity contribution >= 4 is 34.8 Å². The molecule has 216 valence electrons. The molecule has 40 heavy (non-hydrogen) atoms. The summed E-state index contributed by atoms with van der Waals surface area (Å²) < 4.78 is 49.1. The molecule has 1 aromatic heterocycles. The fraction of sp³-hybridized carbons (Fsp3) is 0.423. The van der Waals surface area contributed by atoms with Gasteiger partial charge in [0.1, 0.15) is 11.3 Å². The summed E-state index contributed by atoms with van der Waals surface area (Å²) in [5.41, 5.74) is 5.45. The summed E-state index contributed by atoms with van der Waals surface area (Å²) in [6.45, 7) is 1.84. The number of aromatic nitrogens is 1.